The van der Waals surface area contributed by atoms with Crippen molar-refractivity contribution in [3.8, 4) is 0 Å². The maximum Gasteiger partial charge on any atom is 0.237 e. The first-order valence-electron chi connectivity index (χ1n) is 11.1. The van der Waals surface area contributed by atoms with Crippen molar-refractivity contribution < 1.29 is 9.53 Å². The summed E-state index contributed by atoms with van der Waals surface area (Å²) in [6.07, 6.45) is 7.65. The predicted molar refractivity (Wildman–Crippen MR) is 122 cm³/mol. The van der Waals surface area contributed by atoms with Crippen molar-refractivity contribution in [1.29, 1.82) is 0 Å². The van der Waals surface area contributed by atoms with E-state index in [1.165, 1.54) is 22.0 Å². The summed E-state index contributed by atoms with van der Waals surface area (Å²) in [6.45, 7) is 6.20. The van der Waals surface area contributed by atoms with Crippen LogP contribution in [-0.2, 0) is 29.5 Å². The van der Waals surface area contributed by atoms with Gasteiger partial charge < -0.3 is 19.2 Å². The van der Waals surface area contributed by atoms with Gasteiger partial charge in [-0.05, 0) is 36.0 Å². The number of carbonyl (C=O) groups is 1. The molecule has 0 saturated carbocycles. The number of hydrogen-bond donors (Lipinski definition) is 2. The SMILES string of the molecule is COCCNC(=O)[C@@H]1Cc2cn(Cc3nccn3C)c3cccc(c23)[C@H](CC(C)C)N1. The second-order valence-corrected chi connectivity index (χ2v) is 8.87. The largest absolute Gasteiger partial charge is 0.383 e. The molecular formula is C24H33N5O2. The molecule has 1 amide bonds. The van der Waals surface area contributed by atoms with E-state index in [9.17, 15) is 4.79 Å². The number of benzene rings is 1. The molecule has 1 aromatic carbocycles. The Morgan fingerprint density at radius 2 is 2.23 bits per heavy atom. The fraction of sp³-hybridized carbons (Fsp3) is 0.500. The predicted octanol–water partition coefficient (Wildman–Crippen LogP) is 2.79. The number of hydrogen-bond acceptors (Lipinski definition) is 4. The molecule has 31 heavy (non-hydrogen) atoms. The van der Waals surface area contributed by atoms with Gasteiger partial charge in [0.05, 0.1) is 19.2 Å². The van der Waals surface area contributed by atoms with Crippen LogP contribution in [0.25, 0.3) is 10.9 Å². The highest BCUT2D eigenvalue weighted by Crippen LogP contribution is 2.36. The third kappa shape index (κ3) is 4.52. The van der Waals surface area contributed by atoms with Gasteiger partial charge in [-0.15, -0.1) is 0 Å². The molecule has 7 nitrogen and oxygen atoms in total. The Balaban J connectivity index is 1.73. The Hall–Kier alpha value is -2.64. The third-order valence-electron chi connectivity index (χ3n) is 6.08. The molecule has 7 heteroatoms. The van der Waals surface area contributed by atoms with Crippen molar-refractivity contribution in [3.63, 3.8) is 0 Å². The molecule has 0 saturated heterocycles. The molecule has 0 fully saturated rings. The average molecular weight is 424 g/mol. The van der Waals surface area contributed by atoms with Gasteiger partial charge in [-0.25, -0.2) is 4.98 Å². The van der Waals surface area contributed by atoms with Crippen molar-refractivity contribution in [2.24, 2.45) is 13.0 Å². The number of nitrogens with one attached hydrogen (secondary N) is 2. The monoisotopic (exact) mass is 423 g/mol. The van der Waals surface area contributed by atoms with Gasteiger partial charge in [-0.1, -0.05) is 26.0 Å². The number of methoxy groups -OCH3 is 1. The quantitative estimate of drug-likeness (QED) is 0.547. The van der Waals surface area contributed by atoms with Crippen LogP contribution in [0.15, 0.2) is 36.8 Å². The zero-order chi connectivity index (χ0) is 22.0. The normalized spacial score (nSPS) is 18.5. The lowest BCUT2D eigenvalue weighted by molar-refractivity contribution is -0.123. The molecular weight excluding hydrogens is 390 g/mol. The van der Waals surface area contributed by atoms with Gasteiger partial charge in [0.15, 0.2) is 0 Å². The molecule has 0 unspecified atom stereocenters. The topological polar surface area (TPSA) is 73.1 Å². The molecule has 4 rings (SSSR count). The van der Waals surface area contributed by atoms with E-state index < -0.39 is 0 Å². The molecule has 0 spiro atoms. The molecule has 2 aromatic heterocycles. The first-order chi connectivity index (χ1) is 15.0. The number of nitrogens with zero attached hydrogens (tertiary/aromatic N) is 3. The standard InChI is InChI=1S/C24H33N5O2/c1-16(2)12-19-18-6-5-7-21-23(18)17(13-20(27-19)24(30)26-9-11-31-4)14-29(21)15-22-25-8-10-28(22)3/h5-8,10,14,16,19-20,27H,9,11-13,15H2,1-4H3,(H,26,30)/t19-,20-/m0/s1. The number of aromatic nitrogens is 3. The van der Waals surface area contributed by atoms with E-state index in [1.807, 2.05) is 19.4 Å². The zero-order valence-electron chi connectivity index (χ0n) is 18.9. The van der Waals surface area contributed by atoms with E-state index >= 15 is 0 Å². The van der Waals surface area contributed by atoms with Gasteiger partial charge in [0.1, 0.15) is 5.82 Å². The minimum Gasteiger partial charge on any atom is -0.383 e. The summed E-state index contributed by atoms with van der Waals surface area (Å²) in [5, 5.41) is 7.96. The summed E-state index contributed by atoms with van der Waals surface area (Å²) in [6, 6.07) is 6.37. The second kappa shape index (κ2) is 9.24. The number of carbonyl (C=O) groups excluding carboxylic acids is 1. The fourth-order valence-electron chi connectivity index (χ4n) is 4.59. The second-order valence-electron chi connectivity index (χ2n) is 8.87. The van der Waals surface area contributed by atoms with Crippen LogP contribution in [-0.4, -0.2) is 46.3 Å². The smallest absolute Gasteiger partial charge is 0.237 e. The average Bonchev–Trinajstić information content (AvgIpc) is 3.25. The highest BCUT2D eigenvalue weighted by Gasteiger charge is 2.30. The summed E-state index contributed by atoms with van der Waals surface area (Å²) in [5.41, 5.74) is 3.70. The number of imidazole rings is 1. The van der Waals surface area contributed by atoms with Crippen molar-refractivity contribution in [1.82, 2.24) is 24.8 Å². The highest BCUT2D eigenvalue weighted by molar-refractivity contribution is 5.90. The number of ether oxygens (including phenoxy) is 1. The Morgan fingerprint density at radius 3 is 2.94 bits per heavy atom. The van der Waals surface area contributed by atoms with E-state index in [1.54, 1.807) is 7.11 Å². The summed E-state index contributed by atoms with van der Waals surface area (Å²) in [5.74, 6) is 1.56. The lowest BCUT2D eigenvalue weighted by atomic mass is 9.94. The summed E-state index contributed by atoms with van der Waals surface area (Å²) in [4.78, 5) is 17.5. The van der Waals surface area contributed by atoms with Crippen molar-refractivity contribution in [3.05, 3.63) is 53.7 Å². The van der Waals surface area contributed by atoms with Crippen molar-refractivity contribution in [2.75, 3.05) is 20.3 Å². The summed E-state index contributed by atoms with van der Waals surface area (Å²) < 4.78 is 9.42. The zero-order valence-corrected chi connectivity index (χ0v) is 18.9. The summed E-state index contributed by atoms with van der Waals surface area (Å²) in [7, 11) is 3.67. The van der Waals surface area contributed by atoms with Crippen LogP contribution in [0, 0.1) is 5.92 Å². The van der Waals surface area contributed by atoms with E-state index in [0.29, 0.717) is 32.0 Å². The van der Waals surface area contributed by atoms with Gasteiger partial charge in [0.2, 0.25) is 5.91 Å². The van der Waals surface area contributed by atoms with Gasteiger partial charge in [0.25, 0.3) is 0 Å². The number of rotatable bonds is 8. The third-order valence-corrected chi connectivity index (χ3v) is 6.08. The molecule has 0 bridgehead atoms. The Bertz CT molecular complexity index is 1050. The molecule has 0 radical (unpaired) electrons. The van der Waals surface area contributed by atoms with E-state index in [2.05, 4.69) is 63.0 Å². The van der Waals surface area contributed by atoms with Gasteiger partial charge in [-0.2, -0.15) is 0 Å². The molecule has 0 aliphatic carbocycles. The van der Waals surface area contributed by atoms with Crippen molar-refractivity contribution in [2.45, 2.75) is 45.3 Å². The fourth-order valence-corrected chi connectivity index (χ4v) is 4.59. The van der Waals surface area contributed by atoms with E-state index in [0.717, 1.165) is 12.2 Å². The number of aryl methyl sites for hydroxylation is 1. The van der Waals surface area contributed by atoms with Crippen LogP contribution < -0.4 is 10.6 Å². The lowest BCUT2D eigenvalue weighted by Crippen LogP contribution is -2.47. The first-order valence-corrected chi connectivity index (χ1v) is 11.1. The molecule has 2 N–H and O–H groups in total. The minimum atomic E-state index is -0.278. The van der Waals surface area contributed by atoms with Gasteiger partial charge >= 0.3 is 0 Å². The van der Waals surface area contributed by atoms with Crippen LogP contribution >= 0.6 is 0 Å². The van der Waals surface area contributed by atoms with E-state index in [-0.39, 0.29) is 18.0 Å². The van der Waals surface area contributed by atoms with Crippen molar-refractivity contribution >= 4 is 16.8 Å². The highest BCUT2D eigenvalue weighted by atomic mass is 16.5. The van der Waals surface area contributed by atoms with E-state index in [4.69, 9.17) is 4.74 Å². The Labute approximate surface area is 183 Å². The first kappa shape index (κ1) is 21.6. The molecule has 2 atom stereocenters. The minimum absolute atomic E-state index is 0.0311. The van der Waals surface area contributed by atoms with Crippen LogP contribution in [0.5, 0.6) is 0 Å². The molecule has 166 valence electrons. The van der Waals surface area contributed by atoms with Crippen LogP contribution in [0.3, 0.4) is 0 Å². The van der Waals surface area contributed by atoms with Gasteiger partial charge in [-0.3, -0.25) is 10.1 Å². The van der Waals surface area contributed by atoms with Crippen LogP contribution in [0.2, 0.25) is 0 Å². The number of amides is 1. The molecule has 3 aromatic rings. The molecule has 1 aliphatic heterocycles. The van der Waals surface area contributed by atoms with Gasteiger partial charge in [0, 0.05) is 56.2 Å². The van der Waals surface area contributed by atoms with Crippen LogP contribution in [0.1, 0.15) is 43.3 Å². The maximum absolute atomic E-state index is 13.0. The molecule has 3 heterocycles. The Morgan fingerprint density at radius 1 is 1.39 bits per heavy atom. The Kier molecular flexibility index (Phi) is 6.43. The van der Waals surface area contributed by atoms with Crippen LogP contribution in [0.4, 0.5) is 0 Å². The molecule has 1 aliphatic rings. The lowest BCUT2D eigenvalue weighted by Gasteiger charge is -2.25. The maximum atomic E-state index is 13.0. The summed E-state index contributed by atoms with van der Waals surface area (Å²) >= 11 is 0.